The first-order chi connectivity index (χ1) is 10.2. The molecular formula is C15H18ClN3O2. The molecule has 1 atom stereocenters. The summed E-state index contributed by atoms with van der Waals surface area (Å²) in [5.41, 5.74) is 0.222. The van der Waals surface area contributed by atoms with Crippen LogP contribution in [0.15, 0.2) is 29.3 Å². The maximum absolute atomic E-state index is 12.6. The molecule has 3 rings (SSSR count). The Morgan fingerprint density at radius 2 is 2.10 bits per heavy atom. The number of amides is 1. The first kappa shape index (κ1) is 14.4. The Kier molecular flexibility index (Phi) is 3.87. The molecule has 1 aliphatic heterocycles. The van der Waals surface area contributed by atoms with Gasteiger partial charge in [0, 0.05) is 12.1 Å². The Labute approximate surface area is 128 Å². The van der Waals surface area contributed by atoms with Crippen molar-refractivity contribution in [2.24, 2.45) is 10.9 Å². The third kappa shape index (κ3) is 2.63. The maximum Gasteiger partial charge on any atom is 0.257 e. The first-order valence-electron chi connectivity index (χ1n) is 7.06. The molecule has 2 fully saturated rings. The highest BCUT2D eigenvalue weighted by Crippen LogP contribution is 2.47. The molecule has 112 valence electrons. The smallest absolute Gasteiger partial charge is 0.257 e. The minimum Gasteiger partial charge on any atom is -0.383 e. The Morgan fingerprint density at radius 1 is 1.38 bits per heavy atom. The van der Waals surface area contributed by atoms with E-state index in [0.717, 1.165) is 18.4 Å². The van der Waals surface area contributed by atoms with Gasteiger partial charge in [-0.05, 0) is 36.5 Å². The zero-order valence-corrected chi connectivity index (χ0v) is 12.6. The summed E-state index contributed by atoms with van der Waals surface area (Å²) in [6.07, 6.45) is 2.07. The summed E-state index contributed by atoms with van der Waals surface area (Å²) in [4.78, 5) is 16.9. The second-order valence-corrected chi connectivity index (χ2v) is 5.83. The lowest BCUT2D eigenvalue weighted by Crippen LogP contribution is -2.46. The third-order valence-corrected chi connectivity index (χ3v) is 4.21. The molecule has 0 radical (unpaired) electrons. The molecule has 1 unspecified atom stereocenters. The van der Waals surface area contributed by atoms with Crippen LogP contribution in [0.5, 0.6) is 0 Å². The van der Waals surface area contributed by atoms with E-state index in [1.807, 2.05) is 24.3 Å². The molecule has 0 bridgehead atoms. The van der Waals surface area contributed by atoms with Crippen molar-refractivity contribution in [3.63, 3.8) is 0 Å². The number of nitrogens with one attached hydrogen (secondary N) is 2. The van der Waals surface area contributed by atoms with Crippen LogP contribution < -0.4 is 10.6 Å². The van der Waals surface area contributed by atoms with Gasteiger partial charge in [0.1, 0.15) is 5.54 Å². The lowest BCUT2D eigenvalue weighted by Gasteiger charge is -2.27. The Morgan fingerprint density at radius 3 is 2.71 bits per heavy atom. The largest absolute Gasteiger partial charge is 0.383 e. The Balaban J connectivity index is 1.89. The van der Waals surface area contributed by atoms with Gasteiger partial charge in [-0.3, -0.25) is 15.1 Å². The number of hydrogen-bond donors (Lipinski definition) is 2. The van der Waals surface area contributed by atoms with Gasteiger partial charge in [-0.1, -0.05) is 23.7 Å². The van der Waals surface area contributed by atoms with Gasteiger partial charge in [0.25, 0.3) is 5.91 Å². The maximum atomic E-state index is 12.6. The molecule has 1 aromatic rings. The van der Waals surface area contributed by atoms with Gasteiger partial charge in [-0.2, -0.15) is 0 Å². The fraction of sp³-hybridized carbons (Fsp3) is 0.467. The summed E-state index contributed by atoms with van der Waals surface area (Å²) in [6, 6.07) is 7.45. The number of rotatable bonds is 5. The van der Waals surface area contributed by atoms with Crippen LogP contribution in [0.2, 0.25) is 5.02 Å². The second-order valence-electron chi connectivity index (χ2n) is 5.39. The van der Waals surface area contributed by atoms with Crippen molar-refractivity contribution in [2.45, 2.75) is 18.4 Å². The van der Waals surface area contributed by atoms with E-state index < -0.39 is 5.54 Å². The van der Waals surface area contributed by atoms with E-state index in [1.165, 1.54) is 0 Å². The standard InChI is InChI=1S/C15H18ClN3O2/c1-21-9-8-17-14-18-13(20)15(19-14,10-2-3-10)11-4-6-12(16)7-5-11/h4-7,10H,2-3,8-9H2,1H3,(H2,17,18,19,20). The van der Waals surface area contributed by atoms with Crippen LogP contribution >= 0.6 is 11.6 Å². The van der Waals surface area contributed by atoms with Crippen LogP contribution in [-0.4, -0.2) is 32.1 Å². The van der Waals surface area contributed by atoms with Crippen molar-refractivity contribution in [2.75, 3.05) is 20.3 Å². The van der Waals surface area contributed by atoms with Crippen LogP contribution in [0.3, 0.4) is 0 Å². The third-order valence-electron chi connectivity index (χ3n) is 3.96. The fourth-order valence-corrected chi connectivity index (χ4v) is 2.89. The molecule has 1 aromatic carbocycles. The molecule has 6 heteroatoms. The number of benzene rings is 1. The van der Waals surface area contributed by atoms with Crippen LogP contribution in [0, 0.1) is 5.92 Å². The number of halogens is 1. The first-order valence-corrected chi connectivity index (χ1v) is 7.43. The zero-order chi connectivity index (χ0) is 14.9. The summed E-state index contributed by atoms with van der Waals surface area (Å²) >= 11 is 5.95. The molecule has 1 saturated heterocycles. The number of guanidine groups is 1. The van der Waals surface area contributed by atoms with Gasteiger partial charge >= 0.3 is 0 Å². The minimum absolute atomic E-state index is 0.0384. The van der Waals surface area contributed by atoms with Crippen molar-refractivity contribution in [1.29, 1.82) is 0 Å². The highest BCUT2D eigenvalue weighted by atomic mass is 35.5. The van der Waals surface area contributed by atoms with E-state index in [2.05, 4.69) is 15.6 Å². The monoisotopic (exact) mass is 307 g/mol. The highest BCUT2D eigenvalue weighted by Gasteiger charge is 2.56. The van der Waals surface area contributed by atoms with Crippen molar-refractivity contribution in [3.8, 4) is 0 Å². The number of aliphatic imine (C=N–C) groups is 1. The van der Waals surface area contributed by atoms with E-state index >= 15 is 0 Å². The number of carbonyl (C=O) groups is 1. The minimum atomic E-state index is -0.712. The molecule has 2 N–H and O–H groups in total. The molecule has 2 aliphatic rings. The van der Waals surface area contributed by atoms with Crippen molar-refractivity contribution >= 4 is 23.5 Å². The van der Waals surface area contributed by atoms with Crippen LogP contribution in [-0.2, 0) is 15.1 Å². The molecule has 1 heterocycles. The molecule has 0 spiro atoms. The summed E-state index contributed by atoms with van der Waals surface area (Å²) < 4.78 is 4.98. The number of nitrogens with zero attached hydrogens (tertiary/aromatic N) is 1. The van der Waals surface area contributed by atoms with Gasteiger partial charge in [0.2, 0.25) is 0 Å². The molecular weight excluding hydrogens is 290 g/mol. The predicted molar refractivity (Wildman–Crippen MR) is 81.3 cm³/mol. The summed E-state index contributed by atoms with van der Waals surface area (Å²) in [7, 11) is 1.63. The number of ether oxygens (including phenoxy) is 1. The van der Waals surface area contributed by atoms with E-state index in [4.69, 9.17) is 16.3 Å². The molecule has 5 nitrogen and oxygen atoms in total. The normalized spacial score (nSPS) is 26.8. The Bertz CT molecular complexity index is 569. The number of carbonyl (C=O) groups excluding carboxylic acids is 1. The lowest BCUT2D eigenvalue weighted by atomic mass is 9.85. The molecule has 0 aromatic heterocycles. The average molecular weight is 308 g/mol. The van der Waals surface area contributed by atoms with Crippen molar-refractivity contribution in [1.82, 2.24) is 10.6 Å². The Hall–Kier alpha value is -1.59. The summed E-state index contributed by atoms with van der Waals surface area (Å²) in [5.74, 6) is 0.788. The SMILES string of the molecule is COCCN=C1NC(=O)C(c2ccc(Cl)cc2)(C2CC2)N1. The quantitative estimate of drug-likeness (QED) is 0.813. The molecule has 21 heavy (non-hydrogen) atoms. The van der Waals surface area contributed by atoms with E-state index in [-0.39, 0.29) is 5.91 Å². The van der Waals surface area contributed by atoms with Gasteiger partial charge < -0.3 is 10.1 Å². The predicted octanol–water partition coefficient (Wildman–Crippen LogP) is 1.67. The van der Waals surface area contributed by atoms with Crippen molar-refractivity contribution < 1.29 is 9.53 Å². The van der Waals surface area contributed by atoms with E-state index in [1.54, 1.807) is 7.11 Å². The van der Waals surface area contributed by atoms with E-state index in [9.17, 15) is 4.79 Å². The van der Waals surface area contributed by atoms with Gasteiger partial charge in [-0.25, -0.2) is 0 Å². The number of hydrogen-bond acceptors (Lipinski definition) is 3. The van der Waals surface area contributed by atoms with Crippen molar-refractivity contribution in [3.05, 3.63) is 34.9 Å². The zero-order valence-electron chi connectivity index (χ0n) is 11.9. The summed E-state index contributed by atoms with van der Waals surface area (Å²) in [6.45, 7) is 1.04. The molecule has 1 amide bonds. The topological polar surface area (TPSA) is 62.7 Å². The molecule has 1 aliphatic carbocycles. The van der Waals surface area contributed by atoms with Crippen LogP contribution in [0.25, 0.3) is 0 Å². The van der Waals surface area contributed by atoms with Gasteiger partial charge in [0.05, 0.1) is 13.2 Å². The summed E-state index contributed by atoms with van der Waals surface area (Å²) in [5, 5.41) is 6.82. The highest BCUT2D eigenvalue weighted by molar-refractivity contribution is 6.30. The van der Waals surface area contributed by atoms with E-state index in [0.29, 0.717) is 30.1 Å². The molecule has 1 saturated carbocycles. The average Bonchev–Trinajstić information content (AvgIpc) is 3.26. The lowest BCUT2D eigenvalue weighted by molar-refractivity contribution is -0.125. The number of methoxy groups -OCH3 is 1. The fourth-order valence-electron chi connectivity index (χ4n) is 2.76. The van der Waals surface area contributed by atoms with Crippen LogP contribution in [0.1, 0.15) is 18.4 Å². The van der Waals surface area contributed by atoms with Gasteiger partial charge in [-0.15, -0.1) is 0 Å². The van der Waals surface area contributed by atoms with Crippen LogP contribution in [0.4, 0.5) is 0 Å². The second kappa shape index (κ2) is 5.66. The van der Waals surface area contributed by atoms with Gasteiger partial charge in [0.15, 0.2) is 5.96 Å².